The van der Waals surface area contributed by atoms with E-state index in [2.05, 4.69) is 15.6 Å². The Morgan fingerprint density at radius 1 is 1.20 bits per heavy atom. The fraction of sp³-hybridized carbons (Fsp3) is 0. The number of hydrogen-bond donors (Lipinski definition) is 2. The molecule has 0 unspecified atom stereocenters. The summed E-state index contributed by atoms with van der Waals surface area (Å²) >= 11 is 0. The van der Waals surface area contributed by atoms with Gasteiger partial charge in [0.1, 0.15) is 23.5 Å². The molecule has 1 heterocycles. The highest BCUT2D eigenvalue weighted by Gasteiger charge is 2.08. The van der Waals surface area contributed by atoms with Crippen molar-refractivity contribution in [3.8, 4) is 6.07 Å². The van der Waals surface area contributed by atoms with E-state index in [0.717, 1.165) is 12.1 Å². The molecule has 7 heteroatoms. The van der Waals surface area contributed by atoms with Crippen LogP contribution in [0.1, 0.15) is 5.56 Å². The predicted octanol–water partition coefficient (Wildman–Crippen LogP) is 2.88. The molecule has 0 aliphatic rings. The van der Waals surface area contributed by atoms with Gasteiger partial charge in [0.2, 0.25) is 0 Å². The largest absolute Gasteiger partial charge is 0.324 e. The Labute approximate surface area is 112 Å². The van der Waals surface area contributed by atoms with Crippen LogP contribution < -0.4 is 10.6 Å². The Hall–Kier alpha value is -3.01. The predicted molar refractivity (Wildman–Crippen MR) is 68.0 cm³/mol. The molecule has 0 saturated carbocycles. The molecule has 0 aliphatic carbocycles. The van der Waals surface area contributed by atoms with E-state index >= 15 is 0 Å². The zero-order valence-electron chi connectivity index (χ0n) is 10.0. The molecule has 0 fully saturated rings. The first-order chi connectivity index (χ1) is 9.58. The van der Waals surface area contributed by atoms with Gasteiger partial charge in [-0.1, -0.05) is 0 Å². The van der Waals surface area contributed by atoms with Crippen LogP contribution in [-0.2, 0) is 0 Å². The summed E-state index contributed by atoms with van der Waals surface area (Å²) in [6.07, 6.45) is 1.29. The summed E-state index contributed by atoms with van der Waals surface area (Å²) in [4.78, 5) is 15.4. The van der Waals surface area contributed by atoms with Crippen molar-refractivity contribution in [3.63, 3.8) is 0 Å². The maximum Gasteiger partial charge on any atom is 0.324 e. The quantitative estimate of drug-likeness (QED) is 0.883. The van der Waals surface area contributed by atoms with E-state index in [1.807, 2.05) is 6.07 Å². The van der Waals surface area contributed by atoms with Crippen LogP contribution in [0.5, 0.6) is 0 Å². The number of nitriles is 1. The number of aromatic nitrogens is 1. The van der Waals surface area contributed by atoms with Crippen molar-refractivity contribution >= 4 is 17.5 Å². The number of pyridine rings is 1. The lowest BCUT2D eigenvalue weighted by atomic mass is 10.3. The molecule has 2 rings (SSSR count). The zero-order valence-corrected chi connectivity index (χ0v) is 10.0. The molecule has 2 amide bonds. The summed E-state index contributed by atoms with van der Waals surface area (Å²) in [7, 11) is 0. The van der Waals surface area contributed by atoms with Crippen molar-refractivity contribution in [2.75, 3.05) is 10.6 Å². The first-order valence-electron chi connectivity index (χ1n) is 5.47. The van der Waals surface area contributed by atoms with Crippen LogP contribution in [0.25, 0.3) is 0 Å². The lowest BCUT2D eigenvalue weighted by Gasteiger charge is -2.07. The van der Waals surface area contributed by atoms with Crippen molar-refractivity contribution in [3.05, 3.63) is 53.7 Å². The van der Waals surface area contributed by atoms with Crippen molar-refractivity contribution in [2.24, 2.45) is 0 Å². The van der Waals surface area contributed by atoms with Gasteiger partial charge in [-0.3, -0.25) is 5.32 Å². The van der Waals surface area contributed by atoms with Crippen LogP contribution in [0, 0.1) is 23.0 Å². The molecule has 20 heavy (non-hydrogen) atoms. The fourth-order valence-corrected chi connectivity index (χ4v) is 1.39. The van der Waals surface area contributed by atoms with Crippen molar-refractivity contribution < 1.29 is 13.6 Å². The first kappa shape index (κ1) is 13.4. The number of benzene rings is 1. The molecule has 2 N–H and O–H groups in total. The summed E-state index contributed by atoms with van der Waals surface area (Å²) in [5.41, 5.74) is 0.193. The van der Waals surface area contributed by atoms with Crippen LogP contribution in [-0.4, -0.2) is 11.0 Å². The maximum absolute atomic E-state index is 13.3. The number of nitrogens with one attached hydrogen (secondary N) is 2. The van der Waals surface area contributed by atoms with E-state index in [4.69, 9.17) is 5.26 Å². The number of carbonyl (C=O) groups excluding carboxylic acids is 1. The average Bonchev–Trinajstić information content (AvgIpc) is 2.43. The van der Waals surface area contributed by atoms with E-state index < -0.39 is 17.7 Å². The number of hydrogen-bond acceptors (Lipinski definition) is 3. The topological polar surface area (TPSA) is 77.8 Å². The van der Waals surface area contributed by atoms with E-state index in [1.165, 1.54) is 18.3 Å². The first-order valence-corrected chi connectivity index (χ1v) is 5.47. The van der Waals surface area contributed by atoms with E-state index in [-0.39, 0.29) is 11.5 Å². The monoisotopic (exact) mass is 274 g/mol. The second-order valence-corrected chi connectivity index (χ2v) is 3.75. The minimum Gasteiger partial charge on any atom is -0.305 e. The highest BCUT2D eigenvalue weighted by atomic mass is 19.1. The molecule has 100 valence electrons. The molecule has 1 aromatic carbocycles. The van der Waals surface area contributed by atoms with Crippen LogP contribution in [0.15, 0.2) is 36.5 Å². The van der Waals surface area contributed by atoms with Gasteiger partial charge in [-0.05, 0) is 24.3 Å². The van der Waals surface area contributed by atoms with Gasteiger partial charge in [0.25, 0.3) is 0 Å². The average molecular weight is 274 g/mol. The number of urea groups is 1. The third-order valence-electron chi connectivity index (χ3n) is 2.31. The number of amides is 2. The summed E-state index contributed by atoms with van der Waals surface area (Å²) in [5, 5.41) is 13.2. The van der Waals surface area contributed by atoms with E-state index in [9.17, 15) is 13.6 Å². The number of carbonyl (C=O) groups is 1. The molecule has 0 spiro atoms. The lowest BCUT2D eigenvalue weighted by molar-refractivity contribution is 0.262. The SMILES string of the molecule is N#Cc1ccc(NC(=O)Nc2ccc(F)cc2F)nc1. The zero-order chi connectivity index (χ0) is 14.5. The van der Waals surface area contributed by atoms with Gasteiger partial charge in [-0.25, -0.2) is 18.6 Å². The van der Waals surface area contributed by atoms with Gasteiger partial charge in [0, 0.05) is 12.3 Å². The fourth-order valence-electron chi connectivity index (χ4n) is 1.39. The molecule has 1 aromatic heterocycles. The normalized spacial score (nSPS) is 9.65. The Balaban J connectivity index is 2.03. The molecule has 0 atom stereocenters. The molecule has 5 nitrogen and oxygen atoms in total. The minimum absolute atomic E-state index is 0.155. The number of nitrogens with zero attached hydrogens (tertiary/aromatic N) is 2. The smallest absolute Gasteiger partial charge is 0.305 e. The summed E-state index contributed by atoms with van der Waals surface area (Å²) in [5.74, 6) is -1.42. The molecular formula is C13H8F2N4O. The molecule has 0 saturated heterocycles. The van der Waals surface area contributed by atoms with Crippen molar-refractivity contribution in [1.29, 1.82) is 5.26 Å². The van der Waals surface area contributed by atoms with Crippen LogP contribution >= 0.6 is 0 Å². The van der Waals surface area contributed by atoms with Gasteiger partial charge in [0.05, 0.1) is 11.3 Å². The third-order valence-corrected chi connectivity index (χ3v) is 2.31. The molecule has 0 aliphatic heterocycles. The number of halogens is 2. The van der Waals surface area contributed by atoms with Crippen LogP contribution in [0.3, 0.4) is 0 Å². The maximum atomic E-state index is 13.3. The lowest BCUT2D eigenvalue weighted by Crippen LogP contribution is -2.20. The van der Waals surface area contributed by atoms with Gasteiger partial charge < -0.3 is 5.32 Å². The third kappa shape index (κ3) is 3.26. The second kappa shape index (κ2) is 5.75. The molecule has 2 aromatic rings. The standard InChI is InChI=1S/C13H8F2N4O/c14-9-2-3-11(10(15)5-9)18-13(20)19-12-4-1-8(6-16)7-17-12/h1-5,7H,(H2,17,18,19,20). The number of rotatable bonds is 2. The van der Waals surface area contributed by atoms with Gasteiger partial charge in [-0.15, -0.1) is 0 Å². The Morgan fingerprint density at radius 2 is 2.00 bits per heavy atom. The Kier molecular flexibility index (Phi) is 3.86. The summed E-state index contributed by atoms with van der Waals surface area (Å²) < 4.78 is 26.0. The van der Waals surface area contributed by atoms with E-state index in [1.54, 1.807) is 0 Å². The number of anilines is 2. The highest BCUT2D eigenvalue weighted by molar-refractivity contribution is 5.99. The molecule has 0 bridgehead atoms. The Morgan fingerprint density at radius 3 is 2.60 bits per heavy atom. The minimum atomic E-state index is -0.882. The Bertz CT molecular complexity index is 680. The summed E-state index contributed by atoms with van der Waals surface area (Å²) in [6, 6.07) is 6.85. The van der Waals surface area contributed by atoms with Gasteiger partial charge in [0.15, 0.2) is 0 Å². The molecular weight excluding hydrogens is 266 g/mol. The highest BCUT2D eigenvalue weighted by Crippen LogP contribution is 2.15. The summed E-state index contributed by atoms with van der Waals surface area (Å²) in [6.45, 7) is 0. The van der Waals surface area contributed by atoms with Crippen molar-refractivity contribution in [1.82, 2.24) is 4.98 Å². The second-order valence-electron chi connectivity index (χ2n) is 3.75. The van der Waals surface area contributed by atoms with Crippen LogP contribution in [0.4, 0.5) is 25.1 Å². The van der Waals surface area contributed by atoms with Gasteiger partial charge in [-0.2, -0.15) is 5.26 Å². The van der Waals surface area contributed by atoms with Gasteiger partial charge >= 0.3 is 6.03 Å². The van der Waals surface area contributed by atoms with Crippen LogP contribution in [0.2, 0.25) is 0 Å². The van der Waals surface area contributed by atoms with Crippen molar-refractivity contribution in [2.45, 2.75) is 0 Å². The molecule has 0 radical (unpaired) electrons. The van der Waals surface area contributed by atoms with E-state index in [0.29, 0.717) is 11.6 Å².